The molecule has 0 aromatic heterocycles. The van der Waals surface area contributed by atoms with Crippen molar-refractivity contribution in [3.8, 4) is 0 Å². The van der Waals surface area contributed by atoms with Gasteiger partial charge in [0.25, 0.3) is 0 Å². The van der Waals surface area contributed by atoms with Crippen LogP contribution < -0.4 is 5.32 Å². The molecule has 1 fully saturated rings. The van der Waals surface area contributed by atoms with E-state index in [1.807, 2.05) is 0 Å². The molecule has 1 rings (SSSR count). The zero-order chi connectivity index (χ0) is 11.3. The van der Waals surface area contributed by atoms with Gasteiger partial charge in [0.15, 0.2) is 0 Å². The highest BCUT2D eigenvalue weighted by Gasteiger charge is 2.32. The Bertz CT molecular complexity index is 213. The van der Waals surface area contributed by atoms with Crippen molar-refractivity contribution in [2.75, 3.05) is 13.1 Å². The highest BCUT2D eigenvalue weighted by Crippen LogP contribution is 2.28. The largest absolute Gasteiger partial charge is 0.367 e. The Balaban J connectivity index is 2.58. The molecule has 1 unspecified atom stereocenters. The summed E-state index contributed by atoms with van der Waals surface area (Å²) in [7, 11) is 0. The van der Waals surface area contributed by atoms with Gasteiger partial charge in [-0.3, -0.25) is 0 Å². The zero-order valence-electron chi connectivity index (χ0n) is 10.6. The van der Waals surface area contributed by atoms with Crippen molar-refractivity contribution in [2.45, 2.75) is 58.4 Å². The summed E-state index contributed by atoms with van der Waals surface area (Å²) in [5, 5.41) is 3.65. The third-order valence-electron chi connectivity index (χ3n) is 3.55. The van der Waals surface area contributed by atoms with Crippen LogP contribution in [0.3, 0.4) is 0 Å². The molecule has 1 aliphatic heterocycles. The number of nitrogens with zero attached hydrogens (tertiary/aromatic N) is 1. The van der Waals surface area contributed by atoms with E-state index in [0.29, 0.717) is 5.54 Å². The molecule has 0 aromatic rings. The molecule has 0 aromatic carbocycles. The smallest absolute Gasteiger partial charge is 0.0943 e. The molecule has 2 heteroatoms. The standard InChI is InChI=1S/C13H26N2/c1-5-8-13(7-3)9-11-15(10-6-2)12(4)14-13/h14H,4-11H2,1-3H3. The van der Waals surface area contributed by atoms with E-state index in [1.165, 1.54) is 38.6 Å². The van der Waals surface area contributed by atoms with Gasteiger partial charge in [-0.1, -0.05) is 33.8 Å². The molecule has 2 nitrogen and oxygen atoms in total. The van der Waals surface area contributed by atoms with Gasteiger partial charge in [-0.2, -0.15) is 0 Å². The van der Waals surface area contributed by atoms with Crippen molar-refractivity contribution in [1.29, 1.82) is 0 Å². The molecule has 0 radical (unpaired) electrons. The predicted molar refractivity (Wildman–Crippen MR) is 66.7 cm³/mol. The van der Waals surface area contributed by atoms with Crippen molar-refractivity contribution in [3.63, 3.8) is 0 Å². The van der Waals surface area contributed by atoms with Crippen molar-refractivity contribution >= 4 is 0 Å². The Morgan fingerprint density at radius 2 is 2.07 bits per heavy atom. The Morgan fingerprint density at radius 1 is 1.33 bits per heavy atom. The Morgan fingerprint density at radius 3 is 2.53 bits per heavy atom. The SMILES string of the molecule is C=C1NC(CC)(CCC)CCN1CCC. The predicted octanol–water partition coefficient (Wildman–Crippen LogP) is 3.11. The lowest BCUT2D eigenvalue weighted by Crippen LogP contribution is -2.54. The maximum atomic E-state index is 4.15. The second kappa shape index (κ2) is 5.43. The maximum Gasteiger partial charge on any atom is 0.0943 e. The van der Waals surface area contributed by atoms with Crippen LogP contribution in [0.2, 0.25) is 0 Å². The van der Waals surface area contributed by atoms with Gasteiger partial charge >= 0.3 is 0 Å². The highest BCUT2D eigenvalue weighted by atomic mass is 15.3. The van der Waals surface area contributed by atoms with Gasteiger partial charge in [0.1, 0.15) is 0 Å². The quantitative estimate of drug-likeness (QED) is 0.750. The number of hydrogen-bond acceptors (Lipinski definition) is 2. The van der Waals surface area contributed by atoms with Crippen molar-refractivity contribution in [2.24, 2.45) is 0 Å². The lowest BCUT2D eigenvalue weighted by atomic mass is 9.85. The minimum Gasteiger partial charge on any atom is -0.367 e. The van der Waals surface area contributed by atoms with E-state index in [4.69, 9.17) is 0 Å². The monoisotopic (exact) mass is 210 g/mol. The summed E-state index contributed by atoms with van der Waals surface area (Å²) in [6, 6.07) is 0. The molecular formula is C13H26N2. The Hall–Kier alpha value is -0.660. The van der Waals surface area contributed by atoms with Crippen molar-refractivity contribution in [1.82, 2.24) is 10.2 Å². The van der Waals surface area contributed by atoms with Crippen molar-refractivity contribution in [3.05, 3.63) is 12.4 Å². The average molecular weight is 210 g/mol. The summed E-state index contributed by atoms with van der Waals surface area (Å²) in [6.45, 7) is 13.2. The molecule has 1 saturated heterocycles. The molecule has 0 spiro atoms. The summed E-state index contributed by atoms with van der Waals surface area (Å²) < 4.78 is 0. The molecule has 0 aliphatic carbocycles. The van der Waals surface area contributed by atoms with Crippen LogP contribution in [0.1, 0.15) is 52.9 Å². The maximum absolute atomic E-state index is 4.15. The molecule has 1 N–H and O–H groups in total. The van der Waals surface area contributed by atoms with E-state index >= 15 is 0 Å². The lowest BCUT2D eigenvalue weighted by Gasteiger charge is -2.45. The molecule has 15 heavy (non-hydrogen) atoms. The summed E-state index contributed by atoms with van der Waals surface area (Å²) >= 11 is 0. The number of nitrogens with one attached hydrogen (secondary N) is 1. The van der Waals surface area contributed by atoms with Gasteiger partial charge < -0.3 is 10.2 Å². The molecule has 0 amide bonds. The summed E-state index contributed by atoms with van der Waals surface area (Å²) in [4.78, 5) is 2.38. The van der Waals surface area contributed by atoms with E-state index in [0.717, 1.165) is 12.4 Å². The third kappa shape index (κ3) is 2.90. The summed E-state index contributed by atoms with van der Waals surface area (Å²) in [6.07, 6.45) is 6.19. The second-order valence-electron chi connectivity index (χ2n) is 4.69. The first-order valence-corrected chi connectivity index (χ1v) is 6.39. The van der Waals surface area contributed by atoms with Crippen LogP contribution in [-0.4, -0.2) is 23.5 Å². The first-order chi connectivity index (χ1) is 7.17. The van der Waals surface area contributed by atoms with Crippen LogP contribution >= 0.6 is 0 Å². The first kappa shape index (κ1) is 12.4. The van der Waals surface area contributed by atoms with Gasteiger partial charge in [-0.15, -0.1) is 0 Å². The Labute approximate surface area is 94.7 Å². The number of hydrogen-bond donors (Lipinski definition) is 1. The first-order valence-electron chi connectivity index (χ1n) is 6.39. The molecule has 0 saturated carbocycles. The second-order valence-corrected chi connectivity index (χ2v) is 4.69. The normalized spacial score (nSPS) is 26.6. The molecule has 0 bridgehead atoms. The molecule has 1 heterocycles. The Kier molecular flexibility index (Phi) is 4.49. The molecular weight excluding hydrogens is 184 g/mol. The fourth-order valence-electron chi connectivity index (χ4n) is 2.56. The van der Waals surface area contributed by atoms with E-state index in [2.05, 4.69) is 37.6 Å². The van der Waals surface area contributed by atoms with Crippen LogP contribution in [0, 0.1) is 0 Å². The van der Waals surface area contributed by atoms with Gasteiger partial charge in [0, 0.05) is 18.6 Å². The average Bonchev–Trinajstić information content (AvgIpc) is 2.23. The van der Waals surface area contributed by atoms with Crippen LogP contribution in [-0.2, 0) is 0 Å². The van der Waals surface area contributed by atoms with E-state index in [1.54, 1.807) is 0 Å². The molecule has 1 atom stereocenters. The molecule has 1 aliphatic rings. The minimum atomic E-state index is 0.329. The third-order valence-corrected chi connectivity index (χ3v) is 3.55. The van der Waals surface area contributed by atoms with Crippen LogP contribution in [0.25, 0.3) is 0 Å². The lowest BCUT2D eigenvalue weighted by molar-refractivity contribution is 0.162. The van der Waals surface area contributed by atoms with E-state index in [-0.39, 0.29) is 0 Å². The minimum absolute atomic E-state index is 0.329. The van der Waals surface area contributed by atoms with Gasteiger partial charge in [0.2, 0.25) is 0 Å². The van der Waals surface area contributed by atoms with Gasteiger partial charge in [0.05, 0.1) is 5.82 Å². The van der Waals surface area contributed by atoms with Crippen LogP contribution in [0.15, 0.2) is 12.4 Å². The van der Waals surface area contributed by atoms with E-state index in [9.17, 15) is 0 Å². The van der Waals surface area contributed by atoms with E-state index < -0.39 is 0 Å². The van der Waals surface area contributed by atoms with Crippen LogP contribution in [0.4, 0.5) is 0 Å². The van der Waals surface area contributed by atoms with Gasteiger partial charge in [-0.05, 0) is 25.7 Å². The summed E-state index contributed by atoms with van der Waals surface area (Å²) in [5.74, 6) is 1.14. The topological polar surface area (TPSA) is 15.3 Å². The fourth-order valence-corrected chi connectivity index (χ4v) is 2.56. The summed E-state index contributed by atoms with van der Waals surface area (Å²) in [5.41, 5.74) is 0.329. The highest BCUT2D eigenvalue weighted by molar-refractivity contribution is 5.05. The van der Waals surface area contributed by atoms with Gasteiger partial charge in [-0.25, -0.2) is 0 Å². The zero-order valence-corrected chi connectivity index (χ0v) is 10.6. The van der Waals surface area contributed by atoms with Crippen molar-refractivity contribution < 1.29 is 0 Å². The van der Waals surface area contributed by atoms with Crippen LogP contribution in [0.5, 0.6) is 0 Å². The fraction of sp³-hybridized carbons (Fsp3) is 0.846. The molecule has 88 valence electrons. The number of rotatable bonds is 5.